The van der Waals surface area contributed by atoms with Crippen LogP contribution in [-0.2, 0) is 24.1 Å². The van der Waals surface area contributed by atoms with Crippen LogP contribution < -0.4 is 0 Å². The lowest BCUT2D eigenvalue weighted by Gasteiger charge is -2.11. The third-order valence-electron chi connectivity index (χ3n) is 4.88. The van der Waals surface area contributed by atoms with Gasteiger partial charge in [0.05, 0.1) is 12.6 Å². The maximum atomic E-state index is 5.72. The van der Waals surface area contributed by atoms with Gasteiger partial charge in [-0.05, 0) is 66.4 Å². The molecule has 0 spiro atoms. The van der Waals surface area contributed by atoms with E-state index in [4.69, 9.17) is 14.7 Å². The molecule has 1 unspecified atom stereocenters. The van der Waals surface area contributed by atoms with Crippen LogP contribution in [0.2, 0.25) is 0 Å². The van der Waals surface area contributed by atoms with E-state index in [0.717, 1.165) is 60.3 Å². The summed E-state index contributed by atoms with van der Waals surface area (Å²) in [6, 6.07) is 5.78. The Hall–Kier alpha value is -2.39. The second-order valence-electron chi connectivity index (χ2n) is 6.73. The Balaban J connectivity index is 1.47. The topological polar surface area (TPSA) is 91.5 Å². The Morgan fingerprint density at radius 3 is 3.04 bits per heavy atom. The van der Waals surface area contributed by atoms with E-state index in [9.17, 15) is 0 Å². The molecule has 1 fully saturated rings. The van der Waals surface area contributed by atoms with E-state index in [0.29, 0.717) is 12.4 Å². The van der Waals surface area contributed by atoms with Gasteiger partial charge < -0.3 is 4.74 Å². The molecule has 0 amide bonds. The van der Waals surface area contributed by atoms with Crippen molar-refractivity contribution in [3.05, 3.63) is 35.7 Å². The number of rotatable bonds is 5. The first kappa shape index (κ1) is 16.8. The van der Waals surface area contributed by atoms with Crippen molar-refractivity contribution < 1.29 is 4.74 Å². The molecule has 0 N–H and O–H groups in total. The van der Waals surface area contributed by atoms with Crippen LogP contribution in [0.1, 0.15) is 30.5 Å². The highest BCUT2D eigenvalue weighted by molar-refractivity contribution is 7.99. The van der Waals surface area contributed by atoms with Crippen molar-refractivity contribution in [2.45, 2.75) is 54.9 Å². The molecular formula is C18H19N7OS. The molecule has 1 aliphatic carbocycles. The van der Waals surface area contributed by atoms with Crippen LogP contribution in [-0.4, -0.2) is 47.9 Å². The van der Waals surface area contributed by atoms with Gasteiger partial charge in [0.25, 0.3) is 0 Å². The average molecular weight is 381 g/mol. The van der Waals surface area contributed by atoms with E-state index >= 15 is 0 Å². The standard InChI is InChI=1S/C18H19N7OS/c1-2-9-19-15(7-1)16-20-14-8-3-6-13(14)17(21-16)27-18-22-23-24-25(18)11-12-5-4-10-26-12/h1-2,7,9,12H,3-6,8,10-11H2. The SMILES string of the molecule is c1ccc(-c2nc3c(c(Sc4nnnn4CC4CCCO4)n2)CCC3)nc1. The van der Waals surface area contributed by atoms with E-state index in [-0.39, 0.29) is 6.10 Å². The number of aromatic nitrogens is 7. The van der Waals surface area contributed by atoms with E-state index < -0.39 is 0 Å². The lowest BCUT2D eigenvalue weighted by molar-refractivity contribution is 0.0912. The number of ether oxygens (including phenoxy) is 1. The third-order valence-corrected chi connectivity index (χ3v) is 5.88. The predicted molar refractivity (Wildman–Crippen MR) is 98.2 cm³/mol. The summed E-state index contributed by atoms with van der Waals surface area (Å²) in [4.78, 5) is 14.0. The number of nitrogens with zero attached hydrogens (tertiary/aromatic N) is 7. The van der Waals surface area contributed by atoms with Crippen molar-refractivity contribution in [3.8, 4) is 11.5 Å². The highest BCUT2D eigenvalue weighted by atomic mass is 32.2. The van der Waals surface area contributed by atoms with Gasteiger partial charge in [-0.3, -0.25) is 4.98 Å². The third kappa shape index (κ3) is 3.44. The van der Waals surface area contributed by atoms with Crippen LogP contribution in [0.25, 0.3) is 11.5 Å². The number of hydrogen-bond acceptors (Lipinski definition) is 8. The number of hydrogen-bond donors (Lipinski definition) is 0. The molecule has 1 aliphatic heterocycles. The monoisotopic (exact) mass is 381 g/mol. The molecule has 9 heteroatoms. The lowest BCUT2D eigenvalue weighted by atomic mass is 10.2. The molecule has 1 saturated heterocycles. The largest absolute Gasteiger partial charge is 0.376 e. The fourth-order valence-electron chi connectivity index (χ4n) is 3.54. The summed E-state index contributed by atoms with van der Waals surface area (Å²) in [6.45, 7) is 1.50. The van der Waals surface area contributed by atoms with Crippen LogP contribution in [0.15, 0.2) is 34.6 Å². The zero-order chi connectivity index (χ0) is 18.1. The van der Waals surface area contributed by atoms with Gasteiger partial charge in [0.15, 0.2) is 5.82 Å². The summed E-state index contributed by atoms with van der Waals surface area (Å²) in [5.74, 6) is 0.664. The summed E-state index contributed by atoms with van der Waals surface area (Å²) in [7, 11) is 0. The first-order chi connectivity index (χ1) is 13.4. The Labute approximate surface area is 160 Å². The zero-order valence-electron chi connectivity index (χ0n) is 14.8. The molecule has 5 rings (SSSR count). The highest BCUT2D eigenvalue weighted by Crippen LogP contribution is 2.34. The lowest BCUT2D eigenvalue weighted by Crippen LogP contribution is -2.17. The van der Waals surface area contributed by atoms with E-state index in [1.165, 1.54) is 17.3 Å². The molecular weight excluding hydrogens is 362 g/mol. The molecule has 2 aliphatic rings. The summed E-state index contributed by atoms with van der Waals surface area (Å²) < 4.78 is 7.55. The highest BCUT2D eigenvalue weighted by Gasteiger charge is 2.24. The first-order valence-corrected chi connectivity index (χ1v) is 10.1. The van der Waals surface area contributed by atoms with E-state index in [1.807, 2.05) is 22.9 Å². The van der Waals surface area contributed by atoms with Crippen LogP contribution >= 0.6 is 11.8 Å². The van der Waals surface area contributed by atoms with Crippen molar-refractivity contribution in [2.75, 3.05) is 6.61 Å². The van der Waals surface area contributed by atoms with Gasteiger partial charge in [-0.25, -0.2) is 14.6 Å². The van der Waals surface area contributed by atoms with E-state index in [2.05, 4.69) is 20.5 Å². The number of pyridine rings is 1. The van der Waals surface area contributed by atoms with Crippen LogP contribution in [0.3, 0.4) is 0 Å². The van der Waals surface area contributed by atoms with Crippen molar-refractivity contribution in [1.29, 1.82) is 0 Å². The number of tetrazole rings is 1. The maximum absolute atomic E-state index is 5.72. The zero-order valence-corrected chi connectivity index (χ0v) is 15.6. The van der Waals surface area contributed by atoms with Gasteiger partial charge in [-0.1, -0.05) is 6.07 Å². The minimum Gasteiger partial charge on any atom is -0.376 e. The number of aryl methyl sites for hydroxylation is 1. The molecule has 138 valence electrons. The summed E-state index contributed by atoms with van der Waals surface area (Å²) in [5, 5.41) is 13.9. The summed E-state index contributed by atoms with van der Waals surface area (Å²) in [6.07, 6.45) is 7.18. The van der Waals surface area contributed by atoms with Gasteiger partial charge in [0.2, 0.25) is 5.16 Å². The molecule has 1 atom stereocenters. The van der Waals surface area contributed by atoms with Crippen molar-refractivity contribution >= 4 is 11.8 Å². The summed E-state index contributed by atoms with van der Waals surface area (Å²) in [5.41, 5.74) is 3.12. The second kappa shape index (κ2) is 7.32. The second-order valence-corrected chi connectivity index (χ2v) is 7.68. The summed E-state index contributed by atoms with van der Waals surface area (Å²) >= 11 is 1.51. The molecule has 8 nitrogen and oxygen atoms in total. The Morgan fingerprint density at radius 2 is 2.19 bits per heavy atom. The van der Waals surface area contributed by atoms with Crippen LogP contribution in [0.4, 0.5) is 0 Å². The van der Waals surface area contributed by atoms with Gasteiger partial charge in [-0.15, -0.1) is 5.10 Å². The Kier molecular flexibility index (Phi) is 4.54. The molecule has 4 heterocycles. The van der Waals surface area contributed by atoms with Crippen molar-refractivity contribution in [2.24, 2.45) is 0 Å². The molecule has 0 saturated carbocycles. The normalized spacial score (nSPS) is 18.7. The fourth-order valence-corrected chi connectivity index (χ4v) is 4.49. The molecule has 3 aromatic rings. The molecule has 3 aromatic heterocycles. The van der Waals surface area contributed by atoms with Crippen molar-refractivity contribution in [3.63, 3.8) is 0 Å². The van der Waals surface area contributed by atoms with Gasteiger partial charge >= 0.3 is 0 Å². The quantitative estimate of drug-likeness (QED) is 0.622. The van der Waals surface area contributed by atoms with E-state index in [1.54, 1.807) is 6.20 Å². The van der Waals surface area contributed by atoms with Gasteiger partial charge in [0, 0.05) is 24.1 Å². The minimum atomic E-state index is 0.188. The smallest absolute Gasteiger partial charge is 0.215 e. The molecule has 27 heavy (non-hydrogen) atoms. The van der Waals surface area contributed by atoms with Gasteiger partial charge in [0.1, 0.15) is 10.7 Å². The molecule has 0 bridgehead atoms. The van der Waals surface area contributed by atoms with Crippen LogP contribution in [0, 0.1) is 0 Å². The average Bonchev–Trinajstić information content (AvgIpc) is 3.45. The fraction of sp³-hybridized carbons (Fsp3) is 0.444. The number of fused-ring (bicyclic) bond motifs is 1. The van der Waals surface area contributed by atoms with Gasteiger partial charge in [-0.2, -0.15) is 0 Å². The predicted octanol–water partition coefficient (Wildman–Crippen LogP) is 2.34. The maximum Gasteiger partial charge on any atom is 0.215 e. The van der Waals surface area contributed by atoms with Crippen molar-refractivity contribution in [1.82, 2.24) is 35.2 Å². The Morgan fingerprint density at radius 1 is 1.19 bits per heavy atom. The molecule has 0 aromatic carbocycles. The first-order valence-electron chi connectivity index (χ1n) is 9.23. The Bertz CT molecular complexity index is 940. The van der Waals surface area contributed by atoms with Crippen LogP contribution in [0.5, 0.6) is 0 Å². The molecule has 0 radical (unpaired) electrons. The minimum absolute atomic E-state index is 0.188.